The van der Waals surface area contributed by atoms with Gasteiger partial charge in [-0.15, -0.1) is 0 Å². The molecule has 0 unspecified atom stereocenters. The molecule has 8 heteroatoms. The number of likely N-dealkylation sites (N-methyl/N-ethyl adjacent to an activating group) is 1. The smallest absolute Gasteiger partial charge is 0.237 e. The summed E-state index contributed by atoms with van der Waals surface area (Å²) < 4.78 is 0. The molecule has 0 saturated heterocycles. The van der Waals surface area contributed by atoms with Crippen molar-refractivity contribution in [2.24, 2.45) is 0 Å². The van der Waals surface area contributed by atoms with Crippen LogP contribution in [0.2, 0.25) is 0 Å². The van der Waals surface area contributed by atoms with Crippen molar-refractivity contribution in [2.75, 3.05) is 39.5 Å². The summed E-state index contributed by atoms with van der Waals surface area (Å²) in [7, 11) is 3.79. The Hall–Kier alpha value is -3.26. The number of hydrogen-bond donors (Lipinski definition) is 2. The standard InChI is InChI=1S/C20H23N7O.H2/c1-26(2)12-17(28)27-9-7-13(8-10-27)16-11-22-19(21)18(23-16)20-24-14-5-3-4-6-15(14)25-20;/h3-7,11H,8-10,12H2,1-2H3,(H2,21,22)(H,24,25);1H. The van der Waals surface area contributed by atoms with E-state index in [-0.39, 0.29) is 7.33 Å². The topological polar surface area (TPSA) is 104 Å². The minimum absolute atomic E-state index is 0. The molecule has 3 N–H and O–H groups in total. The molecule has 8 nitrogen and oxygen atoms in total. The van der Waals surface area contributed by atoms with Gasteiger partial charge in [0.1, 0.15) is 5.69 Å². The van der Waals surface area contributed by atoms with Crippen molar-refractivity contribution in [1.82, 2.24) is 29.7 Å². The molecule has 3 aromatic rings. The molecule has 0 radical (unpaired) electrons. The van der Waals surface area contributed by atoms with E-state index < -0.39 is 0 Å². The highest BCUT2D eigenvalue weighted by molar-refractivity contribution is 5.81. The summed E-state index contributed by atoms with van der Waals surface area (Å²) in [5, 5.41) is 0. The minimum atomic E-state index is 0. The number of rotatable bonds is 4. The fraction of sp³-hybridized carbons (Fsp3) is 0.300. The van der Waals surface area contributed by atoms with Crippen molar-refractivity contribution < 1.29 is 6.22 Å². The van der Waals surface area contributed by atoms with E-state index in [1.807, 2.05) is 54.2 Å². The second-order valence-electron chi connectivity index (χ2n) is 7.15. The van der Waals surface area contributed by atoms with Crippen molar-refractivity contribution in [3.63, 3.8) is 0 Å². The quantitative estimate of drug-likeness (QED) is 0.719. The molecule has 0 fully saturated rings. The molecule has 3 heterocycles. The zero-order valence-electron chi connectivity index (χ0n) is 16.0. The predicted molar refractivity (Wildman–Crippen MR) is 111 cm³/mol. The highest BCUT2D eigenvalue weighted by atomic mass is 16.2. The number of para-hydroxylation sites is 2. The summed E-state index contributed by atoms with van der Waals surface area (Å²) in [6, 6.07) is 7.79. The number of anilines is 1. The number of nitrogens with zero attached hydrogens (tertiary/aromatic N) is 5. The number of imidazole rings is 1. The van der Waals surface area contributed by atoms with Crippen LogP contribution in [0, 0.1) is 0 Å². The highest BCUT2D eigenvalue weighted by Gasteiger charge is 2.20. The Bertz CT molecular complexity index is 1030. The molecule has 1 aliphatic rings. The van der Waals surface area contributed by atoms with Gasteiger partial charge in [-0.25, -0.2) is 15.0 Å². The van der Waals surface area contributed by atoms with E-state index in [4.69, 9.17) is 10.7 Å². The molecule has 146 valence electrons. The first-order valence-corrected chi connectivity index (χ1v) is 9.21. The van der Waals surface area contributed by atoms with Crippen LogP contribution in [0.15, 0.2) is 36.5 Å². The molecule has 28 heavy (non-hydrogen) atoms. The lowest BCUT2D eigenvalue weighted by Crippen LogP contribution is -2.40. The Morgan fingerprint density at radius 2 is 2.14 bits per heavy atom. The van der Waals surface area contributed by atoms with Gasteiger partial charge in [0.2, 0.25) is 5.91 Å². The van der Waals surface area contributed by atoms with Gasteiger partial charge in [-0.1, -0.05) is 18.2 Å². The van der Waals surface area contributed by atoms with Crippen molar-refractivity contribution in [2.45, 2.75) is 6.42 Å². The average Bonchev–Trinajstić information content (AvgIpc) is 3.12. The SMILES string of the molecule is CN(C)CC(=O)N1CC=C(c2cnc(N)c(-c3nc4ccccc4[nH]3)n2)CC1.[HH]. The van der Waals surface area contributed by atoms with Gasteiger partial charge < -0.3 is 20.5 Å². The van der Waals surface area contributed by atoms with Crippen LogP contribution in [0.1, 0.15) is 13.5 Å². The Morgan fingerprint density at radius 1 is 1.32 bits per heavy atom. The Balaban J connectivity index is 0.00000240. The van der Waals surface area contributed by atoms with Gasteiger partial charge in [0, 0.05) is 14.5 Å². The van der Waals surface area contributed by atoms with E-state index in [0.717, 1.165) is 28.7 Å². The largest absolute Gasteiger partial charge is 0.382 e. The van der Waals surface area contributed by atoms with Crippen LogP contribution in [-0.2, 0) is 4.79 Å². The number of hydrogen-bond acceptors (Lipinski definition) is 6. The number of amides is 1. The van der Waals surface area contributed by atoms with Gasteiger partial charge in [0.25, 0.3) is 0 Å². The number of nitrogens with one attached hydrogen (secondary N) is 1. The third kappa shape index (κ3) is 3.59. The van der Waals surface area contributed by atoms with Crippen LogP contribution in [0.3, 0.4) is 0 Å². The maximum atomic E-state index is 12.2. The van der Waals surface area contributed by atoms with Gasteiger partial charge in [0.15, 0.2) is 11.6 Å². The summed E-state index contributed by atoms with van der Waals surface area (Å²) in [4.78, 5) is 32.8. The van der Waals surface area contributed by atoms with Crippen LogP contribution in [-0.4, -0.2) is 69.4 Å². The first-order valence-electron chi connectivity index (χ1n) is 9.21. The lowest BCUT2D eigenvalue weighted by atomic mass is 10.0. The van der Waals surface area contributed by atoms with Crippen molar-refractivity contribution in [3.05, 3.63) is 42.2 Å². The summed E-state index contributed by atoms with van der Waals surface area (Å²) in [6.45, 7) is 1.67. The molecule has 0 spiro atoms. The van der Waals surface area contributed by atoms with Crippen molar-refractivity contribution >= 4 is 28.3 Å². The maximum absolute atomic E-state index is 12.2. The third-order valence-corrected chi connectivity index (χ3v) is 4.76. The van der Waals surface area contributed by atoms with E-state index in [1.54, 1.807) is 6.20 Å². The summed E-state index contributed by atoms with van der Waals surface area (Å²) in [5.74, 6) is 1.07. The van der Waals surface area contributed by atoms with Gasteiger partial charge in [-0.05, 0) is 38.2 Å². The Kier molecular flexibility index (Phi) is 4.79. The fourth-order valence-electron chi connectivity index (χ4n) is 3.29. The number of aromatic nitrogens is 4. The van der Waals surface area contributed by atoms with Gasteiger partial charge in [-0.2, -0.15) is 0 Å². The van der Waals surface area contributed by atoms with E-state index in [2.05, 4.69) is 15.0 Å². The average molecular weight is 379 g/mol. The van der Waals surface area contributed by atoms with Crippen LogP contribution < -0.4 is 5.73 Å². The third-order valence-electron chi connectivity index (χ3n) is 4.76. The van der Waals surface area contributed by atoms with E-state index in [1.165, 1.54) is 0 Å². The number of fused-ring (bicyclic) bond motifs is 1. The summed E-state index contributed by atoms with van der Waals surface area (Å²) >= 11 is 0. The predicted octanol–water partition coefficient (Wildman–Crippen LogP) is 2.03. The molecule has 1 aromatic carbocycles. The van der Waals surface area contributed by atoms with Crippen LogP contribution in [0.25, 0.3) is 28.1 Å². The van der Waals surface area contributed by atoms with E-state index >= 15 is 0 Å². The lowest BCUT2D eigenvalue weighted by Gasteiger charge is -2.27. The zero-order chi connectivity index (χ0) is 19.7. The Morgan fingerprint density at radius 3 is 2.86 bits per heavy atom. The molecule has 1 amide bonds. The number of H-pyrrole nitrogens is 1. The van der Waals surface area contributed by atoms with Gasteiger partial charge in [0.05, 0.1) is 29.5 Å². The van der Waals surface area contributed by atoms with Gasteiger partial charge >= 0.3 is 0 Å². The molecule has 0 aliphatic carbocycles. The molecule has 4 rings (SSSR count). The maximum Gasteiger partial charge on any atom is 0.237 e. The van der Waals surface area contributed by atoms with E-state index in [0.29, 0.717) is 37.0 Å². The van der Waals surface area contributed by atoms with E-state index in [9.17, 15) is 4.79 Å². The zero-order valence-corrected chi connectivity index (χ0v) is 16.0. The molecule has 0 bridgehead atoms. The Labute approximate surface area is 164 Å². The number of nitrogens with two attached hydrogens (primary N) is 1. The highest BCUT2D eigenvalue weighted by Crippen LogP contribution is 2.26. The molecule has 0 atom stereocenters. The molecule has 2 aromatic heterocycles. The molecular formula is C20H25N7O. The number of carbonyl (C=O) groups is 1. The minimum Gasteiger partial charge on any atom is -0.382 e. The second-order valence-corrected chi connectivity index (χ2v) is 7.15. The number of carbonyl (C=O) groups excluding carboxylic acids is 1. The van der Waals surface area contributed by atoms with Gasteiger partial charge in [-0.3, -0.25) is 4.79 Å². The summed E-state index contributed by atoms with van der Waals surface area (Å²) in [5.41, 5.74) is 10.2. The fourth-order valence-corrected chi connectivity index (χ4v) is 3.29. The molecule has 0 saturated carbocycles. The molecular weight excluding hydrogens is 354 g/mol. The first kappa shape index (κ1) is 18.1. The number of benzene rings is 1. The number of nitrogen functional groups attached to an aromatic ring is 1. The van der Waals surface area contributed by atoms with Crippen molar-refractivity contribution in [3.8, 4) is 11.5 Å². The number of aromatic amines is 1. The second kappa shape index (κ2) is 7.40. The monoisotopic (exact) mass is 379 g/mol. The van der Waals surface area contributed by atoms with Crippen LogP contribution in [0.4, 0.5) is 5.82 Å². The van der Waals surface area contributed by atoms with Crippen LogP contribution in [0.5, 0.6) is 0 Å². The first-order chi connectivity index (χ1) is 13.5. The lowest BCUT2D eigenvalue weighted by molar-refractivity contribution is -0.131. The molecule has 1 aliphatic heterocycles. The van der Waals surface area contributed by atoms with Crippen LogP contribution >= 0.6 is 0 Å². The normalized spacial score (nSPS) is 14.5. The summed E-state index contributed by atoms with van der Waals surface area (Å²) in [6.07, 6.45) is 4.46. The van der Waals surface area contributed by atoms with Crippen molar-refractivity contribution in [1.29, 1.82) is 0 Å².